The number of carbonyl (C=O) groups excluding carboxylic acids is 2. The molecule has 0 bridgehead atoms. The largest absolute Gasteiger partial charge is 0.424 e. The Labute approximate surface area is 133 Å². The zero-order valence-corrected chi connectivity index (χ0v) is 13.5. The Morgan fingerprint density at radius 2 is 1.30 bits per heavy atom. The van der Waals surface area contributed by atoms with E-state index < -0.39 is 21.8 Å². The molecule has 8 nitrogen and oxygen atoms in total. The van der Waals surface area contributed by atoms with Gasteiger partial charge in [0.05, 0.1) is 11.5 Å². The van der Waals surface area contributed by atoms with Gasteiger partial charge in [-0.15, -0.1) is 0 Å². The Morgan fingerprint density at radius 1 is 0.913 bits per heavy atom. The van der Waals surface area contributed by atoms with Crippen LogP contribution in [0.15, 0.2) is 12.1 Å². The van der Waals surface area contributed by atoms with Gasteiger partial charge in [-0.1, -0.05) is 0 Å². The molecule has 0 aliphatic carbocycles. The first-order chi connectivity index (χ1) is 10.9. The first kappa shape index (κ1) is 17.4. The van der Waals surface area contributed by atoms with Gasteiger partial charge in [-0.25, -0.2) is 18.0 Å². The van der Waals surface area contributed by atoms with E-state index >= 15 is 0 Å². The highest BCUT2D eigenvalue weighted by molar-refractivity contribution is 7.90. The molecule has 0 amide bonds. The maximum absolute atomic E-state index is 11.9. The van der Waals surface area contributed by atoms with Crippen LogP contribution in [0.3, 0.4) is 0 Å². The molecule has 1 aromatic carbocycles. The van der Waals surface area contributed by atoms with Crippen molar-refractivity contribution in [2.75, 3.05) is 27.4 Å². The Bertz CT molecular complexity index is 668. The average Bonchev–Trinajstić information content (AvgIpc) is 2.78. The fourth-order valence-electron chi connectivity index (χ4n) is 2.19. The molecule has 2 rings (SSSR count). The van der Waals surface area contributed by atoms with Gasteiger partial charge in [0, 0.05) is 25.3 Å². The highest BCUT2D eigenvalue weighted by atomic mass is 32.2. The number of ether oxygens (including phenoxy) is 4. The number of esters is 2. The number of sulfone groups is 1. The van der Waals surface area contributed by atoms with Crippen molar-refractivity contribution in [2.24, 2.45) is 0 Å². The van der Waals surface area contributed by atoms with Gasteiger partial charge in [-0.3, -0.25) is 0 Å². The normalized spacial score (nSPS) is 15.0. The number of hydrogen-bond donors (Lipinski definition) is 0. The average molecular weight is 344 g/mol. The van der Waals surface area contributed by atoms with E-state index in [-0.39, 0.29) is 36.2 Å². The van der Waals surface area contributed by atoms with Gasteiger partial charge in [-0.05, 0) is 12.1 Å². The van der Waals surface area contributed by atoms with Crippen LogP contribution in [0.4, 0.5) is 0 Å². The van der Waals surface area contributed by atoms with E-state index in [1.54, 1.807) is 0 Å². The van der Waals surface area contributed by atoms with E-state index in [9.17, 15) is 18.0 Å². The SMILES string of the molecule is COCC(=O)Oc1ccc(OC(=O)COC)c2c1CS(=O)(=O)C2. The molecule has 0 atom stereocenters. The van der Waals surface area contributed by atoms with Gasteiger partial charge in [0.1, 0.15) is 24.7 Å². The second-order valence-electron chi connectivity index (χ2n) is 4.87. The van der Waals surface area contributed by atoms with Crippen molar-refractivity contribution < 1.29 is 37.0 Å². The molecule has 23 heavy (non-hydrogen) atoms. The molecule has 0 aromatic heterocycles. The molecule has 1 aliphatic heterocycles. The molecule has 1 aliphatic rings. The summed E-state index contributed by atoms with van der Waals surface area (Å²) < 4.78 is 43.3. The molecule has 0 saturated heterocycles. The van der Waals surface area contributed by atoms with Crippen LogP contribution in [0.25, 0.3) is 0 Å². The molecular weight excluding hydrogens is 328 g/mol. The molecule has 0 radical (unpaired) electrons. The van der Waals surface area contributed by atoms with Crippen molar-refractivity contribution in [3.63, 3.8) is 0 Å². The summed E-state index contributed by atoms with van der Waals surface area (Å²) in [5.74, 6) is -1.63. The number of methoxy groups -OCH3 is 2. The van der Waals surface area contributed by atoms with Crippen LogP contribution in [-0.4, -0.2) is 47.8 Å². The minimum absolute atomic E-state index is 0.120. The summed E-state index contributed by atoms with van der Waals surface area (Å²) in [6.45, 7) is -0.516. The van der Waals surface area contributed by atoms with E-state index in [4.69, 9.17) is 9.47 Å². The van der Waals surface area contributed by atoms with Crippen LogP contribution in [0.2, 0.25) is 0 Å². The maximum atomic E-state index is 11.9. The van der Waals surface area contributed by atoms with Gasteiger partial charge >= 0.3 is 11.9 Å². The molecule has 0 fully saturated rings. The molecule has 126 valence electrons. The maximum Gasteiger partial charge on any atom is 0.337 e. The predicted octanol–water partition coefficient (Wildman–Crippen LogP) is 0.219. The first-order valence-corrected chi connectivity index (χ1v) is 8.43. The Morgan fingerprint density at radius 3 is 1.65 bits per heavy atom. The number of fused-ring (bicyclic) bond motifs is 1. The molecule has 1 heterocycles. The van der Waals surface area contributed by atoms with Crippen LogP contribution in [0, 0.1) is 0 Å². The third-order valence-corrected chi connectivity index (χ3v) is 4.50. The monoisotopic (exact) mass is 344 g/mol. The lowest BCUT2D eigenvalue weighted by Gasteiger charge is -2.12. The summed E-state index contributed by atoms with van der Waals surface area (Å²) in [7, 11) is -0.708. The topological polar surface area (TPSA) is 105 Å². The lowest BCUT2D eigenvalue weighted by atomic mass is 10.1. The lowest BCUT2D eigenvalue weighted by Crippen LogP contribution is -2.16. The predicted molar refractivity (Wildman–Crippen MR) is 77.8 cm³/mol. The minimum Gasteiger partial charge on any atom is -0.424 e. The summed E-state index contributed by atoms with van der Waals surface area (Å²) in [4.78, 5) is 23.0. The minimum atomic E-state index is -3.39. The third kappa shape index (κ3) is 4.27. The van der Waals surface area contributed by atoms with Crippen molar-refractivity contribution in [3.8, 4) is 11.5 Å². The van der Waals surface area contributed by atoms with E-state index in [0.29, 0.717) is 11.1 Å². The standard InChI is InChI=1S/C14H16O8S/c1-19-5-13(15)21-11-3-4-12(22-14(16)6-20-2)10-8-23(17,18)7-9(10)11/h3-4H,5-8H2,1-2H3. The fraction of sp³-hybridized carbons (Fsp3) is 0.429. The van der Waals surface area contributed by atoms with Crippen LogP contribution < -0.4 is 9.47 Å². The molecule has 0 spiro atoms. The summed E-state index contributed by atoms with van der Waals surface area (Å²) in [5.41, 5.74) is 0.634. The van der Waals surface area contributed by atoms with Gasteiger partial charge in [-0.2, -0.15) is 0 Å². The first-order valence-electron chi connectivity index (χ1n) is 6.60. The number of carbonyl (C=O) groups is 2. The van der Waals surface area contributed by atoms with Gasteiger partial charge in [0.15, 0.2) is 9.84 Å². The summed E-state index contributed by atoms with van der Waals surface area (Å²) >= 11 is 0. The molecule has 0 saturated carbocycles. The number of benzene rings is 1. The summed E-state index contributed by atoms with van der Waals surface area (Å²) in [6.07, 6.45) is 0. The second-order valence-corrected chi connectivity index (χ2v) is 6.93. The van der Waals surface area contributed by atoms with E-state index in [1.165, 1.54) is 26.4 Å². The smallest absolute Gasteiger partial charge is 0.337 e. The summed E-state index contributed by atoms with van der Waals surface area (Å²) in [5, 5.41) is 0. The van der Waals surface area contributed by atoms with Crippen molar-refractivity contribution in [2.45, 2.75) is 11.5 Å². The third-order valence-electron chi connectivity index (χ3n) is 3.05. The van der Waals surface area contributed by atoms with Crippen LogP contribution in [0.5, 0.6) is 11.5 Å². The van der Waals surface area contributed by atoms with Gasteiger partial charge in [0.2, 0.25) is 0 Å². The highest BCUT2D eigenvalue weighted by Gasteiger charge is 2.32. The quantitative estimate of drug-likeness (QED) is 0.533. The molecule has 9 heteroatoms. The zero-order chi connectivity index (χ0) is 17.0. The summed E-state index contributed by atoms with van der Waals surface area (Å²) in [6, 6.07) is 2.78. The highest BCUT2D eigenvalue weighted by Crippen LogP contribution is 2.39. The Kier molecular flexibility index (Phi) is 5.34. The lowest BCUT2D eigenvalue weighted by molar-refractivity contribution is -0.139. The van der Waals surface area contributed by atoms with Gasteiger partial charge in [0.25, 0.3) is 0 Å². The fourth-order valence-corrected chi connectivity index (χ4v) is 3.80. The zero-order valence-electron chi connectivity index (χ0n) is 12.7. The van der Waals surface area contributed by atoms with E-state index in [2.05, 4.69) is 9.47 Å². The Balaban J connectivity index is 2.33. The molecule has 0 unspecified atom stereocenters. The second kappa shape index (κ2) is 7.07. The van der Waals surface area contributed by atoms with Crippen molar-refractivity contribution in [1.29, 1.82) is 0 Å². The Hall–Kier alpha value is -1.97. The molecule has 1 aromatic rings. The van der Waals surface area contributed by atoms with Crippen LogP contribution in [0.1, 0.15) is 11.1 Å². The van der Waals surface area contributed by atoms with Gasteiger partial charge < -0.3 is 18.9 Å². The van der Waals surface area contributed by atoms with Crippen molar-refractivity contribution in [1.82, 2.24) is 0 Å². The number of hydrogen-bond acceptors (Lipinski definition) is 8. The molecule has 0 N–H and O–H groups in total. The molecular formula is C14H16O8S. The van der Waals surface area contributed by atoms with Crippen LogP contribution in [-0.2, 0) is 40.4 Å². The van der Waals surface area contributed by atoms with E-state index in [1.807, 2.05) is 0 Å². The van der Waals surface area contributed by atoms with Crippen molar-refractivity contribution >= 4 is 21.8 Å². The van der Waals surface area contributed by atoms with Crippen molar-refractivity contribution in [3.05, 3.63) is 23.3 Å². The van der Waals surface area contributed by atoms with E-state index in [0.717, 1.165) is 0 Å². The van der Waals surface area contributed by atoms with Crippen LogP contribution >= 0.6 is 0 Å². The number of rotatable bonds is 6.